The minimum Gasteiger partial charge on any atom is -0.389 e. The van der Waals surface area contributed by atoms with Crippen LogP contribution in [-0.2, 0) is 19.3 Å². The average Bonchev–Trinajstić information content (AvgIpc) is 2.78. The van der Waals surface area contributed by atoms with Crippen LogP contribution in [0.3, 0.4) is 0 Å². The molecule has 0 aliphatic carbocycles. The molecule has 0 unspecified atom stereocenters. The molecule has 6 heteroatoms. The summed E-state index contributed by atoms with van der Waals surface area (Å²) in [5, 5.41) is 16.8. The standard InChI is InChI=1S/C26H34N4O2/c1-3-8-22-23(9-4-2)27-15-12-24(22)29-25(31)28-16-19-30-17-13-26(32,14-18-30)20-21-10-6-5-7-11-21/h3-7,10-12,15,32H,1-2,8-9,13-14,16-20H2,(H2,27,28,29,31). The summed E-state index contributed by atoms with van der Waals surface area (Å²) in [7, 11) is 0. The van der Waals surface area contributed by atoms with Crippen molar-refractivity contribution in [3.63, 3.8) is 0 Å². The van der Waals surface area contributed by atoms with E-state index in [1.54, 1.807) is 12.3 Å². The van der Waals surface area contributed by atoms with Crippen molar-refractivity contribution in [1.29, 1.82) is 0 Å². The molecule has 2 amide bonds. The third kappa shape index (κ3) is 6.77. The fourth-order valence-electron chi connectivity index (χ4n) is 4.18. The minimum atomic E-state index is -0.644. The Morgan fingerprint density at radius 1 is 1.12 bits per heavy atom. The van der Waals surface area contributed by atoms with Crippen molar-refractivity contribution >= 4 is 11.7 Å². The highest BCUT2D eigenvalue weighted by Gasteiger charge is 2.32. The number of hydrogen-bond donors (Lipinski definition) is 3. The van der Waals surface area contributed by atoms with Crippen LogP contribution in [0.15, 0.2) is 67.9 Å². The van der Waals surface area contributed by atoms with Gasteiger partial charge in [0.15, 0.2) is 0 Å². The Bertz CT molecular complexity index is 905. The zero-order chi connectivity index (χ0) is 22.8. The van der Waals surface area contributed by atoms with E-state index in [4.69, 9.17) is 0 Å². The number of carbonyl (C=O) groups excluding carboxylic acids is 1. The van der Waals surface area contributed by atoms with Crippen molar-refractivity contribution in [2.45, 2.75) is 37.7 Å². The number of benzene rings is 1. The molecule has 1 saturated heterocycles. The number of carbonyl (C=O) groups is 1. The normalized spacial score (nSPS) is 15.7. The topological polar surface area (TPSA) is 77.5 Å². The first-order valence-corrected chi connectivity index (χ1v) is 11.2. The van der Waals surface area contributed by atoms with Gasteiger partial charge >= 0.3 is 6.03 Å². The molecule has 6 nitrogen and oxygen atoms in total. The van der Waals surface area contributed by atoms with Crippen LogP contribution in [0.25, 0.3) is 0 Å². The number of nitrogens with one attached hydrogen (secondary N) is 2. The van der Waals surface area contributed by atoms with Crippen LogP contribution >= 0.6 is 0 Å². The Morgan fingerprint density at radius 2 is 1.84 bits per heavy atom. The molecule has 1 aliphatic heterocycles. The number of piperidine rings is 1. The lowest BCUT2D eigenvalue weighted by molar-refractivity contribution is -0.0201. The predicted molar refractivity (Wildman–Crippen MR) is 130 cm³/mol. The van der Waals surface area contributed by atoms with E-state index in [1.807, 2.05) is 30.3 Å². The zero-order valence-corrected chi connectivity index (χ0v) is 18.7. The number of likely N-dealkylation sites (tertiary alicyclic amines) is 1. The second-order valence-electron chi connectivity index (χ2n) is 8.38. The van der Waals surface area contributed by atoms with Gasteiger partial charge in [-0.25, -0.2) is 4.79 Å². The van der Waals surface area contributed by atoms with Gasteiger partial charge in [-0.2, -0.15) is 0 Å². The highest BCUT2D eigenvalue weighted by Crippen LogP contribution is 2.26. The maximum absolute atomic E-state index is 12.4. The molecule has 170 valence electrons. The van der Waals surface area contributed by atoms with Crippen molar-refractivity contribution in [3.05, 3.63) is 84.7 Å². The van der Waals surface area contributed by atoms with Crippen LogP contribution in [0.2, 0.25) is 0 Å². The Morgan fingerprint density at radius 3 is 2.53 bits per heavy atom. The summed E-state index contributed by atoms with van der Waals surface area (Å²) in [6.45, 7) is 10.5. The number of amides is 2. The van der Waals surface area contributed by atoms with Gasteiger partial charge in [-0.15, -0.1) is 13.2 Å². The largest absolute Gasteiger partial charge is 0.389 e. The molecular weight excluding hydrogens is 400 g/mol. The average molecular weight is 435 g/mol. The molecule has 1 aromatic heterocycles. The number of anilines is 1. The molecule has 3 N–H and O–H groups in total. The second-order valence-corrected chi connectivity index (χ2v) is 8.38. The lowest BCUT2D eigenvalue weighted by Crippen LogP contribution is -2.47. The lowest BCUT2D eigenvalue weighted by atomic mass is 9.85. The Kier molecular flexibility index (Phi) is 8.59. The first-order chi connectivity index (χ1) is 15.5. The minimum absolute atomic E-state index is 0.233. The summed E-state index contributed by atoms with van der Waals surface area (Å²) >= 11 is 0. The summed E-state index contributed by atoms with van der Waals surface area (Å²) in [5.41, 5.74) is 3.14. The van der Waals surface area contributed by atoms with Crippen molar-refractivity contribution < 1.29 is 9.90 Å². The van der Waals surface area contributed by atoms with Gasteiger partial charge in [0.25, 0.3) is 0 Å². The fraction of sp³-hybridized carbons (Fsp3) is 0.385. The van der Waals surface area contributed by atoms with Crippen molar-refractivity contribution in [2.24, 2.45) is 0 Å². The first kappa shape index (κ1) is 23.7. The van der Waals surface area contributed by atoms with Gasteiger partial charge in [0.2, 0.25) is 0 Å². The molecule has 32 heavy (non-hydrogen) atoms. The molecule has 1 aliphatic rings. The third-order valence-electron chi connectivity index (χ3n) is 5.96. The van der Waals surface area contributed by atoms with E-state index >= 15 is 0 Å². The molecular formula is C26H34N4O2. The molecule has 2 aromatic rings. The van der Waals surface area contributed by atoms with Crippen LogP contribution in [0.4, 0.5) is 10.5 Å². The van der Waals surface area contributed by atoms with Crippen molar-refractivity contribution in [1.82, 2.24) is 15.2 Å². The van der Waals surface area contributed by atoms with E-state index < -0.39 is 5.60 Å². The summed E-state index contributed by atoms with van der Waals surface area (Å²) in [5.74, 6) is 0. The predicted octanol–water partition coefficient (Wildman–Crippen LogP) is 3.73. The van der Waals surface area contributed by atoms with Crippen LogP contribution < -0.4 is 10.6 Å². The Balaban J connectivity index is 1.43. The van der Waals surface area contributed by atoms with Crippen LogP contribution in [0.5, 0.6) is 0 Å². The molecule has 0 bridgehead atoms. The van der Waals surface area contributed by atoms with Crippen molar-refractivity contribution in [2.75, 3.05) is 31.5 Å². The van der Waals surface area contributed by atoms with E-state index in [-0.39, 0.29) is 6.03 Å². The maximum atomic E-state index is 12.4. The highest BCUT2D eigenvalue weighted by molar-refractivity contribution is 5.90. The zero-order valence-electron chi connectivity index (χ0n) is 18.7. The van der Waals surface area contributed by atoms with Crippen LogP contribution in [0.1, 0.15) is 29.7 Å². The van der Waals surface area contributed by atoms with Gasteiger partial charge in [-0.1, -0.05) is 42.5 Å². The van der Waals surface area contributed by atoms with Gasteiger partial charge in [0, 0.05) is 62.2 Å². The molecule has 0 spiro atoms. The summed E-state index contributed by atoms with van der Waals surface area (Å²) < 4.78 is 0. The molecule has 1 aromatic carbocycles. The summed E-state index contributed by atoms with van der Waals surface area (Å²) in [6.07, 6.45) is 8.75. The van der Waals surface area contributed by atoms with Crippen LogP contribution in [-0.4, -0.2) is 52.8 Å². The first-order valence-electron chi connectivity index (χ1n) is 11.2. The number of urea groups is 1. The van der Waals surface area contributed by atoms with Gasteiger partial charge in [-0.3, -0.25) is 4.98 Å². The van der Waals surface area contributed by atoms with Gasteiger partial charge in [0.1, 0.15) is 0 Å². The van der Waals surface area contributed by atoms with Gasteiger partial charge in [0.05, 0.1) is 5.60 Å². The molecule has 0 saturated carbocycles. The van der Waals surface area contributed by atoms with E-state index in [0.717, 1.165) is 49.4 Å². The van der Waals surface area contributed by atoms with Crippen LogP contribution in [0, 0.1) is 0 Å². The van der Waals surface area contributed by atoms with E-state index in [1.165, 1.54) is 5.56 Å². The maximum Gasteiger partial charge on any atom is 0.319 e. The molecule has 3 rings (SSSR count). The highest BCUT2D eigenvalue weighted by atomic mass is 16.3. The number of aromatic nitrogens is 1. The smallest absolute Gasteiger partial charge is 0.319 e. The number of rotatable bonds is 10. The van der Waals surface area contributed by atoms with E-state index in [0.29, 0.717) is 25.8 Å². The lowest BCUT2D eigenvalue weighted by Gasteiger charge is -2.38. The Hall–Kier alpha value is -2.96. The van der Waals surface area contributed by atoms with E-state index in [2.05, 4.69) is 45.8 Å². The van der Waals surface area contributed by atoms with Crippen molar-refractivity contribution in [3.8, 4) is 0 Å². The monoisotopic (exact) mass is 434 g/mol. The Labute approximate surface area is 191 Å². The number of nitrogens with zero attached hydrogens (tertiary/aromatic N) is 2. The number of allylic oxidation sites excluding steroid dienone is 2. The summed E-state index contributed by atoms with van der Waals surface area (Å²) in [6, 6.07) is 11.7. The third-order valence-corrected chi connectivity index (χ3v) is 5.96. The molecule has 1 fully saturated rings. The molecule has 0 atom stereocenters. The molecule has 0 radical (unpaired) electrons. The molecule has 2 heterocycles. The number of aliphatic hydroxyl groups is 1. The SMILES string of the molecule is C=CCc1nccc(NC(=O)NCCN2CCC(O)(Cc3ccccc3)CC2)c1CC=C. The van der Waals surface area contributed by atoms with Gasteiger partial charge in [-0.05, 0) is 30.9 Å². The number of pyridine rings is 1. The van der Waals surface area contributed by atoms with Gasteiger partial charge < -0.3 is 20.6 Å². The summed E-state index contributed by atoms with van der Waals surface area (Å²) in [4.78, 5) is 19.1. The number of hydrogen-bond acceptors (Lipinski definition) is 4. The fourth-order valence-corrected chi connectivity index (χ4v) is 4.18. The second kappa shape index (κ2) is 11.6. The van der Waals surface area contributed by atoms with E-state index in [9.17, 15) is 9.90 Å². The quantitative estimate of drug-likeness (QED) is 0.498.